The van der Waals surface area contributed by atoms with Gasteiger partial charge in [0, 0.05) is 18.8 Å². The molecule has 0 saturated heterocycles. The fraction of sp³-hybridized carbons (Fsp3) is 0.423. The summed E-state index contributed by atoms with van der Waals surface area (Å²) in [5.74, 6) is 1.96. The first-order valence-corrected chi connectivity index (χ1v) is 11.3. The van der Waals surface area contributed by atoms with Crippen LogP contribution in [0.1, 0.15) is 46.4 Å². The normalized spacial score (nSPS) is 10.6. The molecular weight excluding hydrogens is 412 g/mol. The van der Waals surface area contributed by atoms with Crippen LogP contribution in [0.25, 0.3) is 20.7 Å². The number of nitrogens with two attached hydrogens (primary N) is 1. The van der Waals surface area contributed by atoms with Crippen molar-refractivity contribution in [3.05, 3.63) is 65.1 Å². The number of nitrogens with zero attached hydrogens (tertiary/aromatic N) is 4. The third kappa shape index (κ3) is 7.52. The van der Waals surface area contributed by atoms with Gasteiger partial charge in [-0.2, -0.15) is 0 Å². The van der Waals surface area contributed by atoms with Crippen LogP contribution in [0.4, 0.5) is 22.7 Å². The van der Waals surface area contributed by atoms with Gasteiger partial charge in [0.15, 0.2) is 11.4 Å². The number of benzene rings is 2. The third-order valence-electron chi connectivity index (χ3n) is 5.21. The number of imidazole rings is 1. The second kappa shape index (κ2) is 12.5. The van der Waals surface area contributed by atoms with Gasteiger partial charge in [-0.3, -0.25) is 0 Å². The summed E-state index contributed by atoms with van der Waals surface area (Å²) in [6.07, 6.45) is 2.16. The summed E-state index contributed by atoms with van der Waals surface area (Å²) in [6, 6.07) is 10.8. The number of aliphatic hydroxyl groups is 1. The van der Waals surface area contributed by atoms with Crippen molar-refractivity contribution in [1.82, 2.24) is 9.55 Å². The molecule has 0 spiro atoms. The van der Waals surface area contributed by atoms with Crippen molar-refractivity contribution in [2.45, 2.75) is 53.7 Å². The maximum absolute atomic E-state index is 9.37. The van der Waals surface area contributed by atoms with Crippen LogP contribution in [0.2, 0.25) is 0 Å². The molecule has 1 aromatic heterocycles. The largest absolute Gasteiger partial charge is 0.398 e. The van der Waals surface area contributed by atoms with Crippen LogP contribution in [0.3, 0.4) is 0 Å². The maximum atomic E-state index is 9.37. The quantitative estimate of drug-likeness (QED) is 0.276. The van der Waals surface area contributed by atoms with E-state index in [0.29, 0.717) is 34.7 Å². The van der Waals surface area contributed by atoms with E-state index in [-0.39, 0.29) is 6.61 Å². The molecule has 0 atom stereocenters. The molecule has 3 rings (SSSR count). The number of aliphatic hydroxyl groups excluding tert-OH is 1. The van der Waals surface area contributed by atoms with Crippen LogP contribution in [0.15, 0.2) is 36.4 Å². The maximum Gasteiger partial charge on any atom is 0.189 e. The highest BCUT2D eigenvalue weighted by Crippen LogP contribution is 2.25. The summed E-state index contributed by atoms with van der Waals surface area (Å²) in [5, 5.41) is 12.6. The molecule has 7 nitrogen and oxygen atoms in total. The standard InChI is InChI=1S/C14H17N3O.C12H17N3/c1-10(2)6-7-17-13-5-4-11(15-3)8-12(13)16-14(17)9-18;1-9(2)6-7-15-12-5-4-10(14-3)8-11(12)13/h4-5,8,10,18H,6-7,9H2,1-2H3;4-5,8-9,15H,6-7,13H2,1-2H3. The highest BCUT2D eigenvalue weighted by Gasteiger charge is 2.10. The molecule has 0 radical (unpaired) electrons. The van der Waals surface area contributed by atoms with Gasteiger partial charge in [0.1, 0.15) is 12.4 Å². The minimum absolute atomic E-state index is 0.0693. The molecule has 0 aliphatic rings. The molecule has 0 unspecified atom stereocenters. The molecule has 33 heavy (non-hydrogen) atoms. The highest BCUT2D eigenvalue weighted by atomic mass is 16.3. The summed E-state index contributed by atoms with van der Waals surface area (Å²) < 4.78 is 2.04. The van der Waals surface area contributed by atoms with E-state index in [9.17, 15) is 5.11 Å². The van der Waals surface area contributed by atoms with Gasteiger partial charge in [0.25, 0.3) is 0 Å². The van der Waals surface area contributed by atoms with E-state index in [1.54, 1.807) is 24.3 Å². The Bertz CT molecular complexity index is 1130. The van der Waals surface area contributed by atoms with E-state index in [4.69, 9.17) is 18.9 Å². The zero-order chi connectivity index (χ0) is 24.4. The SMILES string of the molecule is [C-]#[N+]c1ccc(NCCC(C)C)c(N)c1.[C-]#[N+]c1ccc2c(c1)nc(CO)n2CCC(C)C. The minimum atomic E-state index is -0.0693. The Morgan fingerprint density at radius 2 is 1.64 bits per heavy atom. The average Bonchev–Trinajstić information content (AvgIpc) is 3.15. The number of rotatable bonds is 8. The second-order valence-electron chi connectivity index (χ2n) is 8.80. The molecule has 0 amide bonds. The average molecular weight is 447 g/mol. The van der Waals surface area contributed by atoms with E-state index >= 15 is 0 Å². The predicted octanol–water partition coefficient (Wildman–Crippen LogP) is 6.40. The summed E-state index contributed by atoms with van der Waals surface area (Å²) in [5.41, 5.74) is 10.3. The van der Waals surface area contributed by atoms with Crippen LogP contribution in [0.5, 0.6) is 0 Å². The van der Waals surface area contributed by atoms with E-state index in [2.05, 4.69) is 47.7 Å². The van der Waals surface area contributed by atoms with Crippen molar-refractivity contribution in [2.24, 2.45) is 11.8 Å². The Labute approximate surface area is 196 Å². The summed E-state index contributed by atoms with van der Waals surface area (Å²) in [6.45, 7) is 24.3. The molecule has 0 aliphatic heterocycles. The molecule has 2 aromatic carbocycles. The van der Waals surface area contributed by atoms with E-state index in [1.807, 2.05) is 16.7 Å². The molecule has 7 heteroatoms. The first-order chi connectivity index (χ1) is 15.8. The Morgan fingerprint density at radius 1 is 1.00 bits per heavy atom. The molecule has 3 aromatic rings. The monoisotopic (exact) mass is 446 g/mol. The van der Waals surface area contributed by atoms with Crippen molar-refractivity contribution in [3.63, 3.8) is 0 Å². The van der Waals surface area contributed by atoms with Gasteiger partial charge in [-0.15, -0.1) is 0 Å². The molecule has 174 valence electrons. The molecule has 0 aliphatic carbocycles. The first-order valence-electron chi connectivity index (χ1n) is 11.3. The summed E-state index contributed by atoms with van der Waals surface area (Å²) >= 11 is 0. The van der Waals surface area contributed by atoms with Gasteiger partial charge in [0.05, 0.1) is 29.9 Å². The first kappa shape index (κ1) is 25.7. The predicted molar refractivity (Wildman–Crippen MR) is 136 cm³/mol. The smallest absolute Gasteiger partial charge is 0.189 e. The van der Waals surface area contributed by atoms with Crippen LogP contribution in [0, 0.1) is 25.0 Å². The lowest BCUT2D eigenvalue weighted by atomic mass is 10.1. The lowest BCUT2D eigenvalue weighted by Gasteiger charge is -2.10. The topological polar surface area (TPSA) is 84.8 Å². The molecule has 0 fully saturated rings. The second-order valence-corrected chi connectivity index (χ2v) is 8.80. The lowest BCUT2D eigenvalue weighted by molar-refractivity contribution is 0.264. The Kier molecular flexibility index (Phi) is 9.72. The van der Waals surface area contributed by atoms with Crippen molar-refractivity contribution in [2.75, 3.05) is 17.6 Å². The molecule has 0 saturated carbocycles. The number of nitrogen functional groups attached to an aromatic ring is 1. The molecular formula is C26H34N6O. The van der Waals surface area contributed by atoms with Gasteiger partial charge in [0.2, 0.25) is 0 Å². The van der Waals surface area contributed by atoms with Gasteiger partial charge in [-0.05, 0) is 48.9 Å². The van der Waals surface area contributed by atoms with Gasteiger partial charge in [-0.25, -0.2) is 14.7 Å². The highest BCUT2D eigenvalue weighted by molar-refractivity contribution is 5.80. The van der Waals surface area contributed by atoms with Crippen molar-refractivity contribution in [3.8, 4) is 0 Å². The Balaban J connectivity index is 0.000000238. The van der Waals surface area contributed by atoms with Gasteiger partial charge in [-0.1, -0.05) is 39.8 Å². The molecule has 4 N–H and O–H groups in total. The number of hydrogen-bond acceptors (Lipinski definition) is 4. The number of aromatic nitrogens is 2. The number of anilines is 2. The van der Waals surface area contributed by atoms with Gasteiger partial charge < -0.3 is 20.7 Å². The zero-order valence-electron chi connectivity index (χ0n) is 20.0. The van der Waals surface area contributed by atoms with E-state index in [0.717, 1.165) is 42.7 Å². The number of fused-ring (bicyclic) bond motifs is 1. The number of hydrogen-bond donors (Lipinski definition) is 3. The van der Waals surface area contributed by atoms with Crippen molar-refractivity contribution < 1.29 is 5.11 Å². The van der Waals surface area contributed by atoms with Crippen LogP contribution < -0.4 is 11.1 Å². The van der Waals surface area contributed by atoms with Gasteiger partial charge >= 0.3 is 0 Å². The van der Waals surface area contributed by atoms with Crippen molar-refractivity contribution >= 4 is 33.8 Å². The lowest BCUT2D eigenvalue weighted by Crippen LogP contribution is -2.06. The Morgan fingerprint density at radius 3 is 2.21 bits per heavy atom. The number of nitrogens with one attached hydrogen (secondary N) is 1. The minimum Gasteiger partial charge on any atom is -0.398 e. The molecule has 0 bridgehead atoms. The van der Waals surface area contributed by atoms with Crippen LogP contribution in [-0.4, -0.2) is 21.2 Å². The summed E-state index contributed by atoms with van der Waals surface area (Å²) in [4.78, 5) is 11.1. The Hall–Kier alpha value is -3.55. The van der Waals surface area contributed by atoms with E-state index < -0.39 is 0 Å². The zero-order valence-corrected chi connectivity index (χ0v) is 20.0. The van der Waals surface area contributed by atoms with Crippen LogP contribution in [-0.2, 0) is 13.2 Å². The summed E-state index contributed by atoms with van der Waals surface area (Å²) in [7, 11) is 0. The number of aryl methyl sites for hydroxylation is 1. The molecule has 1 heterocycles. The third-order valence-corrected chi connectivity index (χ3v) is 5.21. The van der Waals surface area contributed by atoms with Crippen LogP contribution >= 0.6 is 0 Å². The fourth-order valence-electron chi connectivity index (χ4n) is 3.27. The van der Waals surface area contributed by atoms with E-state index in [1.165, 1.54) is 0 Å². The van der Waals surface area contributed by atoms with Crippen molar-refractivity contribution in [1.29, 1.82) is 0 Å². The fourth-order valence-corrected chi connectivity index (χ4v) is 3.27.